The molecule has 0 amide bonds. The molecule has 3 heteroatoms. The van der Waals surface area contributed by atoms with Crippen LogP contribution in [0.4, 0.5) is 0 Å². The van der Waals surface area contributed by atoms with Crippen LogP contribution < -0.4 is 10.4 Å². The van der Waals surface area contributed by atoms with E-state index in [4.69, 9.17) is 8.85 Å². The molecule has 2 aromatic carbocycles. The molecule has 0 aliphatic carbocycles. The van der Waals surface area contributed by atoms with E-state index in [-0.39, 0.29) is 6.10 Å². The normalized spacial score (nSPS) is 12.9. The average molecular weight is 385 g/mol. The summed E-state index contributed by atoms with van der Waals surface area (Å²) in [6.45, 7) is 7.19. The first-order valence-corrected chi connectivity index (χ1v) is 12.5. The van der Waals surface area contributed by atoms with Crippen molar-refractivity contribution in [2.75, 3.05) is 6.61 Å². The zero-order chi connectivity index (χ0) is 19.4. The molecule has 0 aliphatic heterocycles. The summed E-state index contributed by atoms with van der Waals surface area (Å²) in [6.07, 6.45) is 9.16. The molecule has 0 bridgehead atoms. The van der Waals surface area contributed by atoms with Gasteiger partial charge in [-0.3, -0.25) is 0 Å². The Morgan fingerprint density at radius 1 is 0.741 bits per heavy atom. The van der Waals surface area contributed by atoms with Crippen LogP contribution in [0.5, 0.6) is 0 Å². The molecule has 0 aromatic heterocycles. The summed E-state index contributed by atoms with van der Waals surface area (Å²) in [5.74, 6) is 0. The molecule has 2 nitrogen and oxygen atoms in total. The van der Waals surface area contributed by atoms with Crippen LogP contribution >= 0.6 is 0 Å². The van der Waals surface area contributed by atoms with Gasteiger partial charge < -0.3 is 8.85 Å². The Hall–Kier alpha value is -1.42. The first-order valence-electron chi connectivity index (χ1n) is 10.7. The molecule has 0 saturated heterocycles. The number of hydrogen-bond donors (Lipinski definition) is 0. The van der Waals surface area contributed by atoms with Gasteiger partial charge in [0.05, 0.1) is 0 Å². The first kappa shape index (κ1) is 21.9. The van der Waals surface area contributed by atoms with Crippen molar-refractivity contribution in [2.24, 2.45) is 0 Å². The molecule has 2 aromatic rings. The Morgan fingerprint density at radius 3 is 1.78 bits per heavy atom. The smallest absolute Gasteiger partial charge is 0.388 e. The summed E-state index contributed by atoms with van der Waals surface area (Å²) in [5.41, 5.74) is 0. The summed E-state index contributed by atoms with van der Waals surface area (Å²) in [7, 11) is -2.69. The van der Waals surface area contributed by atoms with Gasteiger partial charge in [-0.05, 0) is 30.6 Å². The lowest BCUT2D eigenvalue weighted by Gasteiger charge is -2.34. The molecule has 0 N–H and O–H groups in total. The van der Waals surface area contributed by atoms with E-state index in [1.165, 1.54) is 48.9 Å². The molecular formula is C24H36O2Si. The van der Waals surface area contributed by atoms with Crippen LogP contribution in [0.1, 0.15) is 65.7 Å². The van der Waals surface area contributed by atoms with Crippen molar-refractivity contribution in [3.8, 4) is 0 Å². The van der Waals surface area contributed by atoms with Crippen LogP contribution in [0, 0.1) is 0 Å². The summed E-state index contributed by atoms with van der Waals surface area (Å²) in [5, 5.41) is 2.38. The molecule has 0 saturated carbocycles. The highest BCUT2D eigenvalue weighted by atomic mass is 28.4. The quantitative estimate of drug-likeness (QED) is 0.338. The zero-order valence-corrected chi connectivity index (χ0v) is 18.3. The van der Waals surface area contributed by atoms with Crippen molar-refractivity contribution in [1.82, 2.24) is 0 Å². The lowest BCUT2D eigenvalue weighted by atomic mass is 10.1. The molecule has 1 unspecified atom stereocenters. The Labute approximate surface area is 167 Å². The van der Waals surface area contributed by atoms with Gasteiger partial charge in [-0.15, -0.1) is 0 Å². The molecular weight excluding hydrogens is 348 g/mol. The minimum atomic E-state index is -2.69. The lowest BCUT2D eigenvalue weighted by Crippen LogP contribution is -2.64. The van der Waals surface area contributed by atoms with Crippen LogP contribution in [0.3, 0.4) is 0 Å². The fraction of sp³-hybridized carbons (Fsp3) is 0.500. The fourth-order valence-electron chi connectivity index (χ4n) is 3.58. The summed E-state index contributed by atoms with van der Waals surface area (Å²) in [6, 6.07) is 21.1. The van der Waals surface area contributed by atoms with Crippen molar-refractivity contribution < 1.29 is 8.85 Å². The maximum Gasteiger partial charge on any atom is 0.407 e. The lowest BCUT2D eigenvalue weighted by molar-refractivity contribution is 0.137. The third-order valence-corrected chi connectivity index (χ3v) is 8.60. The minimum absolute atomic E-state index is 0.190. The number of benzene rings is 2. The summed E-state index contributed by atoms with van der Waals surface area (Å²) < 4.78 is 13.2. The number of hydrogen-bond acceptors (Lipinski definition) is 2. The van der Waals surface area contributed by atoms with Gasteiger partial charge in [0, 0.05) is 12.7 Å². The van der Waals surface area contributed by atoms with E-state index >= 15 is 0 Å². The topological polar surface area (TPSA) is 18.5 Å². The van der Waals surface area contributed by atoms with Gasteiger partial charge >= 0.3 is 8.56 Å². The standard InChI is InChI=1S/C24H36O2Si/c1-4-6-7-8-9-12-17-22(3)26-27(25-5-2,23-18-13-10-14-19-23)24-20-15-11-16-21-24/h10-11,13-16,18-22H,4-9,12,17H2,1-3H3. The van der Waals surface area contributed by atoms with E-state index in [2.05, 4.69) is 81.4 Å². The van der Waals surface area contributed by atoms with Crippen molar-refractivity contribution in [3.05, 3.63) is 60.7 Å². The van der Waals surface area contributed by atoms with Crippen LogP contribution in [-0.2, 0) is 8.85 Å². The van der Waals surface area contributed by atoms with Gasteiger partial charge in [0.1, 0.15) is 0 Å². The molecule has 27 heavy (non-hydrogen) atoms. The van der Waals surface area contributed by atoms with Crippen LogP contribution in [-0.4, -0.2) is 21.3 Å². The molecule has 0 heterocycles. The van der Waals surface area contributed by atoms with Gasteiger partial charge in [-0.1, -0.05) is 106 Å². The second-order valence-corrected chi connectivity index (χ2v) is 10.2. The van der Waals surface area contributed by atoms with Crippen molar-refractivity contribution in [2.45, 2.75) is 71.8 Å². The van der Waals surface area contributed by atoms with Gasteiger partial charge in [-0.25, -0.2) is 0 Å². The highest BCUT2D eigenvalue weighted by Crippen LogP contribution is 2.17. The largest absolute Gasteiger partial charge is 0.407 e. The Bertz CT molecular complexity index is 575. The van der Waals surface area contributed by atoms with Crippen molar-refractivity contribution >= 4 is 18.9 Å². The summed E-state index contributed by atoms with van der Waals surface area (Å²) in [4.78, 5) is 0. The highest BCUT2D eigenvalue weighted by Gasteiger charge is 2.43. The van der Waals surface area contributed by atoms with Gasteiger partial charge in [0.15, 0.2) is 0 Å². The molecule has 0 aliphatic rings. The van der Waals surface area contributed by atoms with E-state index in [1.807, 2.05) is 0 Å². The number of unbranched alkanes of at least 4 members (excludes halogenated alkanes) is 5. The van der Waals surface area contributed by atoms with Crippen molar-refractivity contribution in [3.63, 3.8) is 0 Å². The monoisotopic (exact) mass is 384 g/mol. The second kappa shape index (κ2) is 12.1. The van der Waals surface area contributed by atoms with Gasteiger partial charge in [0.2, 0.25) is 0 Å². The molecule has 0 radical (unpaired) electrons. The zero-order valence-electron chi connectivity index (χ0n) is 17.3. The maximum atomic E-state index is 6.79. The fourth-order valence-corrected chi connectivity index (χ4v) is 6.94. The van der Waals surface area contributed by atoms with E-state index in [0.29, 0.717) is 6.61 Å². The number of rotatable bonds is 13. The van der Waals surface area contributed by atoms with Crippen LogP contribution in [0.15, 0.2) is 60.7 Å². The van der Waals surface area contributed by atoms with Crippen molar-refractivity contribution in [1.29, 1.82) is 0 Å². The molecule has 2 rings (SSSR count). The van der Waals surface area contributed by atoms with Gasteiger partial charge in [0.25, 0.3) is 0 Å². The third-order valence-electron chi connectivity index (χ3n) is 4.99. The molecule has 0 spiro atoms. The second-order valence-electron chi connectivity index (χ2n) is 7.27. The predicted molar refractivity (Wildman–Crippen MR) is 118 cm³/mol. The Balaban J connectivity index is 2.12. The average Bonchev–Trinajstić information content (AvgIpc) is 2.71. The highest BCUT2D eigenvalue weighted by molar-refractivity contribution is 6.92. The van der Waals surface area contributed by atoms with E-state index < -0.39 is 8.56 Å². The van der Waals surface area contributed by atoms with E-state index in [1.54, 1.807) is 0 Å². The molecule has 0 fully saturated rings. The Morgan fingerprint density at radius 2 is 1.26 bits per heavy atom. The maximum absolute atomic E-state index is 6.79. The summed E-state index contributed by atoms with van der Waals surface area (Å²) >= 11 is 0. The predicted octanol–water partition coefficient (Wildman–Crippen LogP) is 5.44. The third kappa shape index (κ3) is 6.60. The van der Waals surface area contributed by atoms with Crippen LogP contribution in [0.2, 0.25) is 0 Å². The Kier molecular flexibility index (Phi) is 9.82. The SMILES string of the molecule is CCCCCCCCC(C)O[Si](OCC)(c1ccccc1)c1ccccc1. The van der Waals surface area contributed by atoms with Crippen LogP contribution in [0.25, 0.3) is 0 Å². The molecule has 148 valence electrons. The van der Waals surface area contributed by atoms with E-state index in [0.717, 1.165) is 6.42 Å². The van der Waals surface area contributed by atoms with Gasteiger partial charge in [-0.2, -0.15) is 0 Å². The molecule has 1 atom stereocenters. The first-order chi connectivity index (χ1) is 13.2. The minimum Gasteiger partial charge on any atom is -0.388 e. The van der Waals surface area contributed by atoms with E-state index in [9.17, 15) is 0 Å².